The number of fused-ring (bicyclic) bond motifs is 1. The normalized spacial score (nSPS) is 21.1. The van der Waals surface area contributed by atoms with Gasteiger partial charge in [-0.25, -0.2) is 14.6 Å². The lowest BCUT2D eigenvalue weighted by Gasteiger charge is -2.22. The van der Waals surface area contributed by atoms with Gasteiger partial charge >= 0.3 is 0 Å². The fourth-order valence-corrected chi connectivity index (χ4v) is 4.15. The minimum absolute atomic E-state index is 0.0740. The number of nitrogens with zero attached hydrogens (tertiary/aromatic N) is 6. The van der Waals surface area contributed by atoms with Crippen molar-refractivity contribution in [3.63, 3.8) is 0 Å². The summed E-state index contributed by atoms with van der Waals surface area (Å²) in [6, 6.07) is 6.81. The third kappa shape index (κ3) is 2.94. The first kappa shape index (κ1) is 16.7. The molecule has 28 heavy (non-hydrogen) atoms. The SMILES string of the molecule is O=C(c1cc[nH]c(=O)c1)N1CC2CN(c3cc(-n4cccn4)ncn3)CC2C1. The molecule has 2 unspecified atom stereocenters. The molecule has 9 heteroatoms. The lowest BCUT2D eigenvalue weighted by molar-refractivity contribution is 0.0782. The molecule has 2 saturated heterocycles. The number of likely N-dealkylation sites (tertiary alicyclic amines) is 1. The zero-order chi connectivity index (χ0) is 19.1. The second-order valence-corrected chi connectivity index (χ2v) is 7.26. The zero-order valence-electron chi connectivity index (χ0n) is 15.1. The van der Waals surface area contributed by atoms with E-state index in [9.17, 15) is 9.59 Å². The summed E-state index contributed by atoms with van der Waals surface area (Å²) in [6.45, 7) is 3.09. The van der Waals surface area contributed by atoms with Crippen molar-refractivity contribution in [2.45, 2.75) is 0 Å². The fraction of sp³-hybridized carbons (Fsp3) is 0.316. The van der Waals surface area contributed by atoms with E-state index >= 15 is 0 Å². The van der Waals surface area contributed by atoms with Gasteiger partial charge in [0.2, 0.25) is 5.56 Å². The van der Waals surface area contributed by atoms with Crippen LogP contribution in [0.25, 0.3) is 5.82 Å². The van der Waals surface area contributed by atoms with E-state index in [1.165, 1.54) is 12.3 Å². The van der Waals surface area contributed by atoms with Crippen LogP contribution in [0.15, 0.2) is 54.0 Å². The Morgan fingerprint density at radius 2 is 1.86 bits per heavy atom. The van der Waals surface area contributed by atoms with E-state index in [1.54, 1.807) is 23.3 Å². The van der Waals surface area contributed by atoms with Gasteiger partial charge in [-0.3, -0.25) is 9.59 Å². The van der Waals surface area contributed by atoms with Gasteiger partial charge in [-0.05, 0) is 12.1 Å². The molecule has 5 heterocycles. The number of amides is 1. The molecule has 0 aliphatic carbocycles. The topological polar surface area (TPSA) is 100 Å². The van der Waals surface area contributed by atoms with Crippen molar-refractivity contribution in [3.8, 4) is 5.82 Å². The average molecular weight is 377 g/mol. The number of carbonyl (C=O) groups excluding carboxylic acids is 1. The summed E-state index contributed by atoms with van der Waals surface area (Å²) in [4.78, 5) is 39.5. The highest BCUT2D eigenvalue weighted by Gasteiger charge is 2.42. The lowest BCUT2D eigenvalue weighted by atomic mass is 10.0. The number of hydrogen-bond acceptors (Lipinski definition) is 6. The highest BCUT2D eigenvalue weighted by Crippen LogP contribution is 2.34. The number of hydrogen-bond donors (Lipinski definition) is 1. The van der Waals surface area contributed by atoms with E-state index < -0.39 is 0 Å². The number of carbonyl (C=O) groups is 1. The van der Waals surface area contributed by atoms with E-state index in [1.807, 2.05) is 23.2 Å². The predicted octanol–water partition coefficient (Wildman–Crippen LogP) is 0.559. The van der Waals surface area contributed by atoms with Crippen molar-refractivity contribution in [2.75, 3.05) is 31.1 Å². The molecule has 0 radical (unpaired) electrons. The first-order valence-corrected chi connectivity index (χ1v) is 9.22. The van der Waals surface area contributed by atoms with Crippen LogP contribution in [0.4, 0.5) is 5.82 Å². The van der Waals surface area contributed by atoms with E-state index in [0.717, 1.165) is 24.7 Å². The molecule has 3 aromatic rings. The maximum atomic E-state index is 12.7. The standard InChI is InChI=1S/C19H19N7O2/c27-18-6-13(2-4-20-18)19(28)25-10-14-8-24(9-15(14)11-25)16-7-17(22-12-21-16)26-5-1-3-23-26/h1-7,12,14-15H,8-11H2,(H,20,27). The number of anilines is 1. The van der Waals surface area contributed by atoms with Crippen molar-refractivity contribution < 1.29 is 4.79 Å². The molecule has 2 atom stereocenters. The van der Waals surface area contributed by atoms with E-state index in [2.05, 4.69) is 25.0 Å². The Hall–Kier alpha value is -3.49. The van der Waals surface area contributed by atoms with Crippen LogP contribution in [0.3, 0.4) is 0 Å². The molecule has 5 rings (SSSR count). The van der Waals surface area contributed by atoms with Crippen LogP contribution in [0.2, 0.25) is 0 Å². The Morgan fingerprint density at radius 1 is 1.07 bits per heavy atom. The minimum atomic E-state index is -0.256. The van der Waals surface area contributed by atoms with Gasteiger partial charge < -0.3 is 14.8 Å². The van der Waals surface area contributed by atoms with Gasteiger partial charge in [0, 0.05) is 74.3 Å². The Bertz CT molecular complexity index is 1050. The number of nitrogens with one attached hydrogen (secondary N) is 1. The first-order valence-electron chi connectivity index (χ1n) is 9.22. The van der Waals surface area contributed by atoms with E-state index in [0.29, 0.717) is 30.5 Å². The monoisotopic (exact) mass is 377 g/mol. The van der Waals surface area contributed by atoms with E-state index in [-0.39, 0.29) is 11.5 Å². The number of aromatic nitrogens is 5. The summed E-state index contributed by atoms with van der Waals surface area (Å²) < 4.78 is 1.71. The molecule has 2 aliphatic rings. The summed E-state index contributed by atoms with van der Waals surface area (Å²) in [5.74, 6) is 2.33. The van der Waals surface area contributed by atoms with Gasteiger partial charge in [0.25, 0.3) is 5.91 Å². The second-order valence-electron chi connectivity index (χ2n) is 7.26. The van der Waals surface area contributed by atoms with Crippen molar-refractivity contribution in [1.29, 1.82) is 0 Å². The van der Waals surface area contributed by atoms with Crippen LogP contribution < -0.4 is 10.5 Å². The molecule has 9 nitrogen and oxygen atoms in total. The van der Waals surface area contributed by atoms with Gasteiger partial charge in [0.05, 0.1) is 0 Å². The molecule has 0 spiro atoms. The van der Waals surface area contributed by atoms with Crippen LogP contribution in [0.5, 0.6) is 0 Å². The van der Waals surface area contributed by atoms with Gasteiger partial charge in [0.15, 0.2) is 5.82 Å². The molecule has 1 amide bonds. The van der Waals surface area contributed by atoms with Crippen LogP contribution in [0.1, 0.15) is 10.4 Å². The molecule has 0 saturated carbocycles. The predicted molar refractivity (Wildman–Crippen MR) is 101 cm³/mol. The highest BCUT2D eigenvalue weighted by molar-refractivity contribution is 5.94. The number of rotatable bonds is 3. The fourth-order valence-electron chi connectivity index (χ4n) is 4.15. The maximum absolute atomic E-state index is 12.7. The molecule has 0 aromatic carbocycles. The van der Waals surface area contributed by atoms with Gasteiger partial charge in [0.1, 0.15) is 12.1 Å². The van der Waals surface area contributed by atoms with Crippen molar-refractivity contribution in [2.24, 2.45) is 11.8 Å². The smallest absolute Gasteiger partial charge is 0.254 e. The summed E-state index contributed by atoms with van der Waals surface area (Å²) in [5.41, 5.74) is 0.188. The summed E-state index contributed by atoms with van der Waals surface area (Å²) >= 11 is 0. The van der Waals surface area contributed by atoms with E-state index in [4.69, 9.17) is 0 Å². The number of aromatic amines is 1. The van der Waals surface area contributed by atoms with Crippen LogP contribution in [-0.2, 0) is 0 Å². The summed E-state index contributed by atoms with van der Waals surface area (Å²) in [7, 11) is 0. The van der Waals surface area contributed by atoms with Crippen LogP contribution in [0, 0.1) is 11.8 Å². The highest BCUT2D eigenvalue weighted by atomic mass is 16.2. The summed E-state index contributed by atoms with van der Waals surface area (Å²) in [6.07, 6.45) is 6.64. The van der Waals surface area contributed by atoms with Crippen molar-refractivity contribution in [1.82, 2.24) is 29.6 Å². The average Bonchev–Trinajstić information content (AvgIpc) is 3.43. The van der Waals surface area contributed by atoms with Gasteiger partial charge in [-0.1, -0.05) is 0 Å². The minimum Gasteiger partial charge on any atom is -0.356 e. The molecule has 1 N–H and O–H groups in total. The van der Waals surface area contributed by atoms with Gasteiger partial charge in [-0.15, -0.1) is 0 Å². The first-order chi connectivity index (χ1) is 13.7. The zero-order valence-corrected chi connectivity index (χ0v) is 15.1. The molecule has 2 fully saturated rings. The third-order valence-electron chi connectivity index (χ3n) is 5.50. The quantitative estimate of drug-likeness (QED) is 0.716. The number of pyridine rings is 1. The molecule has 3 aromatic heterocycles. The Balaban J connectivity index is 1.28. The number of H-pyrrole nitrogens is 1. The molecular formula is C19H19N7O2. The Kier molecular flexibility index (Phi) is 3.92. The largest absolute Gasteiger partial charge is 0.356 e. The Morgan fingerprint density at radius 3 is 2.57 bits per heavy atom. The van der Waals surface area contributed by atoms with Gasteiger partial charge in [-0.2, -0.15) is 5.10 Å². The van der Waals surface area contributed by atoms with Crippen LogP contribution in [-0.4, -0.2) is 61.7 Å². The molecule has 0 bridgehead atoms. The third-order valence-corrected chi connectivity index (χ3v) is 5.50. The summed E-state index contributed by atoms with van der Waals surface area (Å²) in [5, 5.41) is 4.22. The van der Waals surface area contributed by atoms with Crippen molar-refractivity contribution in [3.05, 3.63) is 65.1 Å². The lowest BCUT2D eigenvalue weighted by Crippen LogP contribution is -2.34. The molecule has 2 aliphatic heterocycles. The molecule has 142 valence electrons. The Labute approximate surface area is 160 Å². The van der Waals surface area contributed by atoms with Crippen molar-refractivity contribution >= 4 is 11.7 Å². The molecular weight excluding hydrogens is 358 g/mol. The maximum Gasteiger partial charge on any atom is 0.254 e. The second kappa shape index (κ2) is 6.59. The van der Waals surface area contributed by atoms with Crippen LogP contribution >= 0.6 is 0 Å².